The lowest BCUT2D eigenvalue weighted by molar-refractivity contribution is 0.353. The minimum absolute atomic E-state index is 0.142. The molecule has 10 rings (SSSR count). The van der Waals surface area contributed by atoms with Gasteiger partial charge in [0.2, 0.25) is 0 Å². The van der Waals surface area contributed by atoms with Gasteiger partial charge in [0.05, 0.1) is 11.4 Å². The fourth-order valence-electron chi connectivity index (χ4n) is 8.99. The summed E-state index contributed by atoms with van der Waals surface area (Å²) < 4.78 is 0. The zero-order chi connectivity index (χ0) is 35.9. The maximum Gasteiger partial charge on any atom is 0.160 e. The second-order valence-corrected chi connectivity index (χ2v) is 14.9. The highest BCUT2D eigenvalue weighted by Gasteiger charge is 2.43. The first-order valence-electron chi connectivity index (χ1n) is 19.3. The first kappa shape index (κ1) is 32.3. The topological polar surface area (TPSA) is 25.8 Å². The average Bonchev–Trinajstić information content (AvgIpc) is 3.52. The van der Waals surface area contributed by atoms with E-state index in [2.05, 4.69) is 176 Å². The molecular formula is C52H40N2. The van der Waals surface area contributed by atoms with Crippen molar-refractivity contribution in [2.45, 2.75) is 37.5 Å². The summed E-state index contributed by atoms with van der Waals surface area (Å²) in [6, 6.07) is 65.7. The Morgan fingerprint density at radius 2 is 0.778 bits per heavy atom. The summed E-state index contributed by atoms with van der Waals surface area (Å²) in [5.41, 5.74) is 18.2. The molecule has 2 aliphatic carbocycles. The van der Waals surface area contributed by atoms with E-state index in [4.69, 9.17) is 9.97 Å². The molecule has 0 radical (unpaired) electrons. The van der Waals surface area contributed by atoms with Crippen LogP contribution in [-0.4, -0.2) is 9.97 Å². The van der Waals surface area contributed by atoms with Gasteiger partial charge in [0.15, 0.2) is 5.82 Å². The maximum atomic E-state index is 5.18. The fraction of sp³-hybridized carbons (Fsp3) is 0.115. The summed E-state index contributed by atoms with van der Waals surface area (Å²) in [4.78, 5) is 10.3. The average molecular weight is 693 g/mol. The molecule has 0 amide bonds. The van der Waals surface area contributed by atoms with Gasteiger partial charge >= 0.3 is 0 Å². The van der Waals surface area contributed by atoms with Crippen molar-refractivity contribution in [1.82, 2.24) is 9.97 Å². The molecule has 54 heavy (non-hydrogen) atoms. The van der Waals surface area contributed by atoms with Gasteiger partial charge < -0.3 is 0 Å². The fourth-order valence-corrected chi connectivity index (χ4v) is 8.99. The lowest BCUT2D eigenvalue weighted by Crippen LogP contribution is -2.28. The van der Waals surface area contributed by atoms with Crippen molar-refractivity contribution in [3.63, 3.8) is 0 Å². The molecule has 0 saturated heterocycles. The van der Waals surface area contributed by atoms with Gasteiger partial charge in [-0.2, -0.15) is 0 Å². The third-order valence-corrected chi connectivity index (χ3v) is 11.7. The van der Waals surface area contributed by atoms with E-state index in [9.17, 15) is 0 Å². The molecule has 0 unspecified atom stereocenters. The Kier molecular flexibility index (Phi) is 8.10. The van der Waals surface area contributed by atoms with Crippen LogP contribution in [0.3, 0.4) is 0 Å². The minimum Gasteiger partial charge on any atom is -0.228 e. The highest BCUT2D eigenvalue weighted by molar-refractivity contribution is 5.85. The summed E-state index contributed by atoms with van der Waals surface area (Å²) in [5.74, 6) is 0.715. The molecule has 0 N–H and O–H groups in total. The molecule has 8 aromatic rings. The first-order chi connectivity index (χ1) is 26.7. The minimum atomic E-state index is 0.142. The van der Waals surface area contributed by atoms with Gasteiger partial charge in [-0.3, -0.25) is 0 Å². The second-order valence-electron chi connectivity index (χ2n) is 14.9. The molecule has 2 aliphatic rings. The van der Waals surface area contributed by atoms with Gasteiger partial charge in [0.1, 0.15) is 0 Å². The van der Waals surface area contributed by atoms with Gasteiger partial charge in [-0.1, -0.05) is 177 Å². The summed E-state index contributed by atoms with van der Waals surface area (Å²) in [6.45, 7) is 0. The molecule has 1 saturated carbocycles. The van der Waals surface area contributed by atoms with E-state index in [-0.39, 0.29) is 5.41 Å². The number of hydrogen-bond acceptors (Lipinski definition) is 2. The SMILES string of the molecule is c1ccc(-c2ccc(-c3cc(-c4ccccc4)nc(-c4cccc(-c5cccc(-c6ccc7c(c6)C6(CCCCC6)c6ccccc6-7)c5)c4)n3)cc2)cc1. The van der Waals surface area contributed by atoms with Crippen LogP contribution in [0.5, 0.6) is 0 Å². The molecule has 0 bridgehead atoms. The van der Waals surface area contributed by atoms with E-state index in [0.717, 1.165) is 33.6 Å². The van der Waals surface area contributed by atoms with Crippen LogP contribution in [0.15, 0.2) is 182 Å². The number of nitrogens with zero attached hydrogens (tertiary/aromatic N) is 2. The molecule has 258 valence electrons. The van der Waals surface area contributed by atoms with E-state index < -0.39 is 0 Å². The Morgan fingerprint density at radius 1 is 0.315 bits per heavy atom. The van der Waals surface area contributed by atoms with Gasteiger partial charge in [-0.25, -0.2) is 9.97 Å². The Labute approximate surface area is 317 Å². The molecule has 0 atom stereocenters. The van der Waals surface area contributed by atoms with Crippen molar-refractivity contribution in [1.29, 1.82) is 0 Å². The maximum absolute atomic E-state index is 5.18. The van der Waals surface area contributed by atoms with E-state index >= 15 is 0 Å². The molecule has 1 heterocycles. The number of benzene rings is 7. The first-order valence-corrected chi connectivity index (χ1v) is 19.3. The van der Waals surface area contributed by atoms with Crippen LogP contribution < -0.4 is 0 Å². The highest BCUT2D eigenvalue weighted by Crippen LogP contribution is 2.56. The highest BCUT2D eigenvalue weighted by atomic mass is 14.9. The van der Waals surface area contributed by atoms with Crippen LogP contribution in [0.25, 0.3) is 78.4 Å². The zero-order valence-electron chi connectivity index (χ0n) is 30.3. The largest absolute Gasteiger partial charge is 0.228 e. The molecule has 2 nitrogen and oxygen atoms in total. The summed E-state index contributed by atoms with van der Waals surface area (Å²) in [5, 5.41) is 0. The number of aromatic nitrogens is 2. The Morgan fingerprint density at radius 3 is 1.46 bits per heavy atom. The summed E-state index contributed by atoms with van der Waals surface area (Å²) >= 11 is 0. The van der Waals surface area contributed by atoms with Crippen LogP contribution in [0.2, 0.25) is 0 Å². The van der Waals surface area contributed by atoms with Crippen LogP contribution in [0.4, 0.5) is 0 Å². The monoisotopic (exact) mass is 692 g/mol. The van der Waals surface area contributed by atoms with Gasteiger partial charge in [0, 0.05) is 22.1 Å². The second kappa shape index (κ2) is 13.5. The van der Waals surface area contributed by atoms with Gasteiger partial charge in [-0.15, -0.1) is 0 Å². The van der Waals surface area contributed by atoms with Crippen LogP contribution >= 0.6 is 0 Å². The van der Waals surface area contributed by atoms with Crippen molar-refractivity contribution >= 4 is 0 Å². The Bertz CT molecular complexity index is 2620. The van der Waals surface area contributed by atoms with Crippen molar-refractivity contribution < 1.29 is 0 Å². The van der Waals surface area contributed by atoms with Crippen molar-refractivity contribution in [3.05, 3.63) is 193 Å². The molecular weight excluding hydrogens is 653 g/mol. The van der Waals surface area contributed by atoms with Crippen LogP contribution in [0.1, 0.15) is 43.2 Å². The van der Waals surface area contributed by atoms with Crippen LogP contribution in [-0.2, 0) is 5.41 Å². The molecule has 1 spiro atoms. The smallest absolute Gasteiger partial charge is 0.160 e. The lowest BCUT2D eigenvalue weighted by Gasteiger charge is -2.36. The predicted molar refractivity (Wildman–Crippen MR) is 224 cm³/mol. The molecule has 2 heteroatoms. The third kappa shape index (κ3) is 5.76. The Hall–Kier alpha value is -6.38. The molecule has 0 aliphatic heterocycles. The number of hydrogen-bond donors (Lipinski definition) is 0. The van der Waals surface area contributed by atoms with Crippen molar-refractivity contribution in [2.75, 3.05) is 0 Å². The van der Waals surface area contributed by atoms with E-state index in [0.29, 0.717) is 5.82 Å². The zero-order valence-corrected chi connectivity index (χ0v) is 30.3. The van der Waals surface area contributed by atoms with E-state index in [1.807, 2.05) is 6.07 Å². The number of fused-ring (bicyclic) bond motifs is 5. The van der Waals surface area contributed by atoms with Gasteiger partial charge in [-0.05, 0) is 92.7 Å². The van der Waals surface area contributed by atoms with Crippen molar-refractivity contribution in [2.24, 2.45) is 0 Å². The quantitative estimate of drug-likeness (QED) is 0.173. The lowest BCUT2D eigenvalue weighted by atomic mass is 9.67. The predicted octanol–water partition coefficient (Wildman–Crippen LogP) is 13.7. The molecule has 7 aromatic carbocycles. The number of rotatable bonds is 6. The molecule has 1 aromatic heterocycles. The summed E-state index contributed by atoms with van der Waals surface area (Å²) in [7, 11) is 0. The third-order valence-electron chi connectivity index (χ3n) is 11.7. The Balaban J connectivity index is 1.01. The molecule has 1 fully saturated rings. The normalized spacial score (nSPS) is 14.1. The van der Waals surface area contributed by atoms with Gasteiger partial charge in [0.25, 0.3) is 0 Å². The summed E-state index contributed by atoms with van der Waals surface area (Å²) in [6.07, 6.45) is 6.40. The van der Waals surface area contributed by atoms with E-state index in [1.165, 1.54) is 82.2 Å². The van der Waals surface area contributed by atoms with E-state index in [1.54, 1.807) is 0 Å². The van der Waals surface area contributed by atoms with Crippen molar-refractivity contribution in [3.8, 4) is 78.4 Å². The standard InChI is InChI=1S/C52H40N2/c1-4-14-36(15-5-1)37-24-26-39(27-25-37)50-35-49(38-16-6-2-7-17-38)53-51(54-50)44-21-13-20-42(33-44)40-18-12-19-41(32-40)43-28-29-46-45-22-8-9-23-47(45)52(48(46)34-43)30-10-3-11-31-52/h1-2,4-9,12-29,32-35H,3,10-11,30-31H2. The van der Waals surface area contributed by atoms with Crippen LogP contribution in [0, 0.1) is 0 Å².